The normalized spacial score (nSPS) is 19.1. The number of benzene rings is 1. The van der Waals surface area contributed by atoms with Gasteiger partial charge in [0.15, 0.2) is 6.10 Å². The molecule has 53 heavy (non-hydrogen) atoms. The molecule has 2 aromatic rings. The molecule has 0 spiro atoms. The van der Waals surface area contributed by atoms with Gasteiger partial charge in [0.2, 0.25) is 5.91 Å². The zero-order chi connectivity index (χ0) is 37.7. The first-order valence-corrected chi connectivity index (χ1v) is 19.5. The highest BCUT2D eigenvalue weighted by Crippen LogP contribution is 2.29. The third kappa shape index (κ3) is 11.4. The Labute approximate surface area is 313 Å². The minimum Gasteiger partial charge on any atom is -0.434 e. The third-order valence-corrected chi connectivity index (χ3v) is 10.7. The average Bonchev–Trinajstić information content (AvgIpc) is 3.89. The van der Waals surface area contributed by atoms with Crippen LogP contribution in [0.5, 0.6) is 0 Å². The van der Waals surface area contributed by atoms with Crippen molar-refractivity contribution in [3.05, 3.63) is 54.1 Å². The van der Waals surface area contributed by atoms with Crippen molar-refractivity contribution < 1.29 is 33.8 Å². The molecule has 5 rings (SSSR count). The highest BCUT2D eigenvalue weighted by Gasteiger charge is 2.40. The summed E-state index contributed by atoms with van der Waals surface area (Å²) in [6.07, 6.45) is 8.80. The van der Waals surface area contributed by atoms with Crippen LogP contribution in [0, 0.1) is 11.8 Å². The Morgan fingerprint density at radius 1 is 0.981 bits per heavy atom. The molecule has 1 saturated carbocycles. The molecule has 0 radical (unpaired) electrons. The second kappa shape index (κ2) is 19.8. The van der Waals surface area contributed by atoms with Crippen molar-refractivity contribution in [3.8, 4) is 0 Å². The molecule has 0 bridgehead atoms. The van der Waals surface area contributed by atoms with Gasteiger partial charge in [0.25, 0.3) is 5.91 Å². The molecule has 1 aliphatic carbocycles. The highest BCUT2D eigenvalue weighted by atomic mass is 16.6. The molecule has 4 atom stereocenters. The number of aliphatic hydroxyl groups is 1. The maximum atomic E-state index is 14.5. The Morgan fingerprint density at radius 2 is 1.70 bits per heavy atom. The van der Waals surface area contributed by atoms with Crippen molar-refractivity contribution >= 4 is 23.9 Å². The lowest BCUT2D eigenvalue weighted by Gasteiger charge is -2.36. The molecule has 3 fully saturated rings. The number of ether oxygens (including phenoxy) is 2. The number of nitrogens with zero attached hydrogens (tertiary/aromatic N) is 5. The molecule has 2 saturated heterocycles. The second-order valence-electron chi connectivity index (χ2n) is 15.2. The summed E-state index contributed by atoms with van der Waals surface area (Å²) in [5, 5.41) is 17.2. The molecular formula is C39H59N7O7. The van der Waals surface area contributed by atoms with Crippen molar-refractivity contribution in [2.45, 2.75) is 109 Å². The molecule has 0 unspecified atom stereocenters. The van der Waals surface area contributed by atoms with Gasteiger partial charge in [-0.2, -0.15) is 0 Å². The van der Waals surface area contributed by atoms with Crippen LogP contribution in [-0.2, 0) is 31.9 Å². The number of aromatic nitrogens is 2. The quantitative estimate of drug-likeness (QED) is 0.246. The molecule has 14 heteroatoms. The van der Waals surface area contributed by atoms with Gasteiger partial charge in [-0.05, 0) is 43.1 Å². The van der Waals surface area contributed by atoms with Gasteiger partial charge in [-0.3, -0.25) is 9.59 Å². The Morgan fingerprint density at radius 3 is 2.38 bits per heavy atom. The van der Waals surface area contributed by atoms with E-state index in [4.69, 9.17) is 9.47 Å². The molecule has 5 amide bonds. The van der Waals surface area contributed by atoms with E-state index in [-0.39, 0.29) is 25.4 Å². The zero-order valence-corrected chi connectivity index (χ0v) is 31.7. The van der Waals surface area contributed by atoms with Crippen molar-refractivity contribution in [1.82, 2.24) is 35.1 Å². The van der Waals surface area contributed by atoms with Gasteiger partial charge in [0.05, 0.1) is 37.4 Å². The number of nitrogens with one attached hydrogen (secondary N) is 2. The maximum absolute atomic E-state index is 14.5. The topological polar surface area (TPSA) is 161 Å². The van der Waals surface area contributed by atoms with Crippen LogP contribution >= 0.6 is 0 Å². The first-order chi connectivity index (χ1) is 25.6. The first kappa shape index (κ1) is 40.0. The van der Waals surface area contributed by atoms with Crippen LogP contribution in [0.2, 0.25) is 0 Å². The van der Waals surface area contributed by atoms with Gasteiger partial charge in [-0.25, -0.2) is 24.6 Å². The minimum absolute atomic E-state index is 0.0654. The van der Waals surface area contributed by atoms with E-state index >= 15 is 0 Å². The van der Waals surface area contributed by atoms with Crippen LogP contribution in [0.4, 0.5) is 9.59 Å². The molecule has 3 heterocycles. The third-order valence-electron chi connectivity index (χ3n) is 10.7. The van der Waals surface area contributed by atoms with E-state index in [1.54, 1.807) is 18.1 Å². The molecular weight excluding hydrogens is 678 g/mol. The van der Waals surface area contributed by atoms with E-state index in [9.17, 15) is 24.3 Å². The van der Waals surface area contributed by atoms with Crippen LogP contribution in [0.3, 0.4) is 0 Å². The minimum atomic E-state index is -1.29. The van der Waals surface area contributed by atoms with Crippen molar-refractivity contribution in [2.75, 3.05) is 46.4 Å². The largest absolute Gasteiger partial charge is 0.434 e. The highest BCUT2D eigenvalue weighted by molar-refractivity contribution is 5.91. The summed E-state index contributed by atoms with van der Waals surface area (Å²) in [6.45, 7) is 6.54. The SMILES string of the molecule is CC(C)CC[C@H](O)[C@H](CC1CCCCC1)NC(=O)[C@H](Cc1c[nH]cn1)N(C)C(=O)[C@H](Cc1ccccc1)OC(=O)N1CCCN1C(=O)N1CCOCC1. The average molecular weight is 738 g/mol. The molecule has 14 nitrogen and oxygen atoms in total. The standard InChI is InChI=1S/C39H59N7O7/c1-28(2)15-16-34(47)32(23-29-11-6-4-7-12-29)42-36(48)33(25-31-26-40-27-41-31)43(3)37(49)35(24-30-13-8-5-9-14-30)53-39(51)46-18-10-17-45(46)38(50)44-19-21-52-22-20-44/h5,8-9,13-14,26-29,32-35,47H,4,6-7,10-12,15-25H2,1-3H3,(H,40,41)(H,42,48)/t32-,33-,34-,35-/m0/s1. The number of H-pyrrole nitrogens is 1. The van der Waals surface area contributed by atoms with Crippen molar-refractivity contribution in [3.63, 3.8) is 0 Å². The fourth-order valence-corrected chi connectivity index (χ4v) is 7.57. The fraction of sp³-hybridized carbons (Fsp3) is 0.667. The molecule has 3 aliphatic rings. The number of aromatic amines is 1. The molecule has 3 N–H and O–H groups in total. The second-order valence-corrected chi connectivity index (χ2v) is 15.2. The number of urea groups is 1. The number of imidazole rings is 1. The Kier molecular flexibility index (Phi) is 14.9. The van der Waals surface area contributed by atoms with E-state index in [2.05, 4.69) is 29.1 Å². The van der Waals surface area contributed by atoms with Crippen LogP contribution in [0.1, 0.15) is 82.9 Å². The summed E-state index contributed by atoms with van der Waals surface area (Å²) >= 11 is 0. The monoisotopic (exact) mass is 737 g/mol. The smallest absolute Gasteiger partial charge is 0.429 e. The number of rotatable bonds is 15. The van der Waals surface area contributed by atoms with Gasteiger partial charge in [0, 0.05) is 52.3 Å². The van der Waals surface area contributed by atoms with E-state index in [0.717, 1.165) is 37.7 Å². The Balaban J connectivity index is 1.36. The number of aliphatic hydroxyl groups excluding tert-OH is 1. The van der Waals surface area contributed by atoms with Crippen LogP contribution in [0.25, 0.3) is 0 Å². The first-order valence-electron chi connectivity index (χ1n) is 19.5. The number of hydrazine groups is 1. The number of carbonyl (C=O) groups is 4. The van der Waals surface area contributed by atoms with Crippen molar-refractivity contribution in [2.24, 2.45) is 11.8 Å². The predicted octanol–water partition coefficient (Wildman–Crippen LogP) is 4.15. The molecule has 2 aliphatic heterocycles. The van der Waals surface area contributed by atoms with Crippen molar-refractivity contribution in [1.29, 1.82) is 0 Å². The summed E-state index contributed by atoms with van der Waals surface area (Å²) in [5.74, 6) is -0.157. The van der Waals surface area contributed by atoms with Gasteiger partial charge in [-0.1, -0.05) is 76.3 Å². The van der Waals surface area contributed by atoms with Gasteiger partial charge < -0.3 is 34.7 Å². The molecule has 292 valence electrons. The number of carbonyl (C=O) groups excluding carboxylic acids is 4. The van der Waals surface area contributed by atoms with E-state index in [1.165, 1.54) is 27.7 Å². The predicted molar refractivity (Wildman–Crippen MR) is 198 cm³/mol. The number of amides is 5. The number of morpholine rings is 1. The summed E-state index contributed by atoms with van der Waals surface area (Å²) in [7, 11) is 1.54. The lowest BCUT2D eigenvalue weighted by molar-refractivity contribution is -0.147. The lowest BCUT2D eigenvalue weighted by atomic mass is 9.83. The summed E-state index contributed by atoms with van der Waals surface area (Å²) < 4.78 is 11.4. The van der Waals surface area contributed by atoms with Gasteiger partial charge >= 0.3 is 12.1 Å². The van der Waals surface area contributed by atoms with E-state index in [1.807, 2.05) is 30.3 Å². The Hall–Kier alpha value is -4.17. The lowest BCUT2D eigenvalue weighted by Crippen LogP contribution is -2.57. The maximum Gasteiger partial charge on any atom is 0.429 e. The number of hydrogen-bond acceptors (Lipinski definition) is 8. The zero-order valence-electron chi connectivity index (χ0n) is 31.7. The fourth-order valence-electron chi connectivity index (χ4n) is 7.57. The summed E-state index contributed by atoms with van der Waals surface area (Å²) in [5.41, 5.74) is 1.35. The molecule has 1 aromatic carbocycles. The van der Waals surface area contributed by atoms with Crippen LogP contribution < -0.4 is 5.32 Å². The number of likely N-dealkylation sites (N-methyl/N-ethyl adjacent to an activating group) is 1. The van der Waals surface area contributed by atoms with E-state index in [0.29, 0.717) is 69.6 Å². The Bertz CT molecular complexity index is 1450. The molecule has 1 aromatic heterocycles. The van der Waals surface area contributed by atoms with Gasteiger partial charge in [-0.15, -0.1) is 0 Å². The van der Waals surface area contributed by atoms with Crippen LogP contribution in [-0.4, -0.2) is 130 Å². The summed E-state index contributed by atoms with van der Waals surface area (Å²) in [4.78, 5) is 66.4. The van der Waals surface area contributed by atoms with E-state index < -0.39 is 42.2 Å². The summed E-state index contributed by atoms with van der Waals surface area (Å²) in [6, 6.07) is 7.45. The van der Waals surface area contributed by atoms with Crippen LogP contribution in [0.15, 0.2) is 42.9 Å². The van der Waals surface area contributed by atoms with Gasteiger partial charge in [0.1, 0.15) is 6.04 Å². The number of hydrogen-bond donors (Lipinski definition) is 3.